The zero-order chi connectivity index (χ0) is 16.1. The number of carbonyl (C=O) groups excluding carboxylic acids is 1. The smallest absolute Gasteiger partial charge is 0.307 e. The summed E-state index contributed by atoms with van der Waals surface area (Å²) in [6.07, 6.45) is -0.0559. The van der Waals surface area contributed by atoms with Gasteiger partial charge in [0.15, 0.2) is 0 Å². The van der Waals surface area contributed by atoms with E-state index < -0.39 is 5.97 Å². The molecule has 0 atom stereocenters. The number of carboxylic acids is 1. The highest BCUT2D eigenvalue weighted by molar-refractivity contribution is 6.07. The van der Waals surface area contributed by atoms with Crippen LogP contribution < -0.4 is 15.8 Å². The maximum absolute atomic E-state index is 12.2. The van der Waals surface area contributed by atoms with Crippen molar-refractivity contribution in [3.63, 3.8) is 0 Å². The van der Waals surface area contributed by atoms with Crippen molar-refractivity contribution in [3.8, 4) is 5.75 Å². The van der Waals surface area contributed by atoms with Gasteiger partial charge in [0.05, 0.1) is 19.1 Å². The summed E-state index contributed by atoms with van der Waals surface area (Å²) in [5.74, 6) is -0.666. The number of hydrogen-bond acceptors (Lipinski definition) is 4. The number of nitrogens with two attached hydrogens (primary N) is 1. The molecule has 114 valence electrons. The summed E-state index contributed by atoms with van der Waals surface area (Å²) in [6, 6.07) is 11.4. The van der Waals surface area contributed by atoms with Crippen LogP contribution >= 0.6 is 0 Å². The minimum atomic E-state index is -0.900. The minimum absolute atomic E-state index is 0.0559. The van der Waals surface area contributed by atoms with E-state index in [0.717, 1.165) is 0 Å². The van der Waals surface area contributed by atoms with Gasteiger partial charge < -0.3 is 20.9 Å². The third-order valence-corrected chi connectivity index (χ3v) is 3.07. The van der Waals surface area contributed by atoms with Crippen LogP contribution in [0.2, 0.25) is 0 Å². The average Bonchev–Trinajstić information content (AvgIpc) is 2.48. The van der Waals surface area contributed by atoms with E-state index in [4.69, 9.17) is 15.6 Å². The van der Waals surface area contributed by atoms with Crippen molar-refractivity contribution in [2.24, 2.45) is 0 Å². The van der Waals surface area contributed by atoms with Gasteiger partial charge in [-0.15, -0.1) is 0 Å². The molecule has 0 aliphatic heterocycles. The van der Waals surface area contributed by atoms with Crippen LogP contribution in [0.25, 0.3) is 0 Å². The first kappa shape index (κ1) is 15.4. The predicted molar refractivity (Wildman–Crippen MR) is 83.1 cm³/mol. The summed E-state index contributed by atoms with van der Waals surface area (Å²) in [4.78, 5) is 22.8. The predicted octanol–water partition coefficient (Wildman–Crippen LogP) is 2.16. The summed E-state index contributed by atoms with van der Waals surface area (Å²) < 4.78 is 5.03. The van der Waals surface area contributed by atoms with Crippen molar-refractivity contribution in [1.29, 1.82) is 0 Å². The molecule has 2 aromatic rings. The molecular weight excluding hydrogens is 284 g/mol. The summed E-state index contributed by atoms with van der Waals surface area (Å²) in [6.45, 7) is 0. The topological polar surface area (TPSA) is 102 Å². The van der Waals surface area contributed by atoms with Crippen LogP contribution in [0.3, 0.4) is 0 Å². The quantitative estimate of drug-likeness (QED) is 0.734. The zero-order valence-electron chi connectivity index (χ0n) is 12.0. The van der Waals surface area contributed by atoms with Gasteiger partial charge in [0, 0.05) is 17.4 Å². The highest BCUT2D eigenvalue weighted by Gasteiger charge is 2.11. The van der Waals surface area contributed by atoms with Gasteiger partial charge >= 0.3 is 5.97 Å². The number of carboxylic acid groups (broad SMARTS) is 1. The Morgan fingerprint density at radius 3 is 2.41 bits per heavy atom. The molecule has 0 aromatic heterocycles. The second-order valence-electron chi connectivity index (χ2n) is 4.67. The fraction of sp³-hybridized carbons (Fsp3) is 0.125. The summed E-state index contributed by atoms with van der Waals surface area (Å²) in [5, 5.41) is 11.4. The lowest BCUT2D eigenvalue weighted by atomic mass is 10.1. The Morgan fingerprint density at radius 1 is 1.18 bits per heavy atom. The molecule has 0 fully saturated rings. The van der Waals surface area contributed by atoms with Crippen LogP contribution in [0.4, 0.5) is 11.4 Å². The van der Waals surface area contributed by atoms with Crippen LogP contribution in [0.1, 0.15) is 15.9 Å². The number of nitrogens with one attached hydrogen (secondary N) is 1. The number of nitrogen functional groups attached to an aromatic ring is 1. The number of amides is 1. The Hall–Kier alpha value is -3.02. The Bertz CT molecular complexity index is 696. The van der Waals surface area contributed by atoms with Gasteiger partial charge in [-0.1, -0.05) is 12.1 Å². The van der Waals surface area contributed by atoms with E-state index in [2.05, 4.69) is 5.32 Å². The van der Waals surface area contributed by atoms with E-state index in [-0.39, 0.29) is 12.3 Å². The molecule has 6 nitrogen and oxygen atoms in total. The average molecular weight is 300 g/mol. The molecule has 0 bridgehead atoms. The molecular formula is C16H16N2O4. The lowest BCUT2D eigenvalue weighted by Crippen LogP contribution is -2.14. The SMILES string of the molecule is COc1ccc(C(=O)Nc2ccc(CC(=O)O)cc2)c(N)c1. The lowest BCUT2D eigenvalue weighted by molar-refractivity contribution is -0.136. The van der Waals surface area contributed by atoms with E-state index in [1.54, 1.807) is 42.5 Å². The van der Waals surface area contributed by atoms with E-state index in [1.807, 2.05) is 0 Å². The molecule has 6 heteroatoms. The van der Waals surface area contributed by atoms with Gasteiger partial charge in [0.2, 0.25) is 0 Å². The van der Waals surface area contributed by atoms with Gasteiger partial charge in [-0.05, 0) is 29.8 Å². The molecule has 0 aliphatic carbocycles. The number of methoxy groups -OCH3 is 1. The number of hydrogen-bond donors (Lipinski definition) is 3. The van der Waals surface area contributed by atoms with Gasteiger partial charge in [-0.2, -0.15) is 0 Å². The van der Waals surface area contributed by atoms with Gasteiger partial charge in [0.25, 0.3) is 5.91 Å². The molecule has 2 aromatic carbocycles. The molecule has 1 amide bonds. The first-order valence-corrected chi connectivity index (χ1v) is 6.55. The molecule has 0 spiro atoms. The summed E-state index contributed by atoms with van der Waals surface area (Å²) >= 11 is 0. The lowest BCUT2D eigenvalue weighted by Gasteiger charge is -2.09. The first-order valence-electron chi connectivity index (χ1n) is 6.55. The Labute approximate surface area is 127 Å². The number of benzene rings is 2. The molecule has 0 unspecified atom stereocenters. The monoisotopic (exact) mass is 300 g/mol. The van der Waals surface area contributed by atoms with Crippen LogP contribution in [0, 0.1) is 0 Å². The fourth-order valence-electron chi connectivity index (χ4n) is 1.95. The normalized spacial score (nSPS) is 10.0. The number of ether oxygens (including phenoxy) is 1. The van der Waals surface area contributed by atoms with Crippen LogP contribution in [-0.2, 0) is 11.2 Å². The van der Waals surface area contributed by atoms with Crippen LogP contribution in [0.15, 0.2) is 42.5 Å². The molecule has 22 heavy (non-hydrogen) atoms. The first-order chi connectivity index (χ1) is 10.5. The van der Waals surface area contributed by atoms with Gasteiger partial charge in [-0.3, -0.25) is 9.59 Å². The van der Waals surface area contributed by atoms with Crippen molar-refractivity contribution in [1.82, 2.24) is 0 Å². The summed E-state index contributed by atoms with van der Waals surface area (Å²) in [5.41, 5.74) is 7.71. The van der Waals surface area contributed by atoms with E-state index in [1.165, 1.54) is 7.11 Å². The molecule has 0 aliphatic rings. The van der Waals surface area contributed by atoms with Crippen molar-refractivity contribution >= 4 is 23.3 Å². The number of aliphatic carboxylic acids is 1. The maximum Gasteiger partial charge on any atom is 0.307 e. The number of rotatable bonds is 5. The molecule has 0 radical (unpaired) electrons. The molecule has 0 saturated heterocycles. The Balaban J connectivity index is 2.10. The zero-order valence-corrected chi connectivity index (χ0v) is 12.0. The Morgan fingerprint density at radius 2 is 1.86 bits per heavy atom. The van der Waals surface area contributed by atoms with Crippen molar-refractivity contribution in [2.45, 2.75) is 6.42 Å². The third kappa shape index (κ3) is 3.76. The molecule has 4 N–H and O–H groups in total. The molecule has 0 heterocycles. The van der Waals surface area contributed by atoms with Crippen molar-refractivity contribution in [2.75, 3.05) is 18.2 Å². The highest BCUT2D eigenvalue weighted by atomic mass is 16.5. The van der Waals surface area contributed by atoms with Crippen molar-refractivity contribution < 1.29 is 19.4 Å². The largest absolute Gasteiger partial charge is 0.497 e. The minimum Gasteiger partial charge on any atom is -0.497 e. The van der Waals surface area contributed by atoms with Crippen molar-refractivity contribution in [3.05, 3.63) is 53.6 Å². The Kier molecular flexibility index (Phi) is 4.63. The second kappa shape index (κ2) is 6.62. The number of anilines is 2. The van der Waals surface area contributed by atoms with E-state index in [9.17, 15) is 9.59 Å². The van der Waals surface area contributed by atoms with Crippen LogP contribution in [0.5, 0.6) is 5.75 Å². The maximum atomic E-state index is 12.2. The van der Waals surface area contributed by atoms with E-state index >= 15 is 0 Å². The number of carbonyl (C=O) groups is 2. The van der Waals surface area contributed by atoms with Gasteiger partial charge in [-0.25, -0.2) is 0 Å². The van der Waals surface area contributed by atoms with Gasteiger partial charge in [0.1, 0.15) is 5.75 Å². The second-order valence-corrected chi connectivity index (χ2v) is 4.67. The fourth-order valence-corrected chi connectivity index (χ4v) is 1.95. The van der Waals surface area contributed by atoms with Crippen LogP contribution in [-0.4, -0.2) is 24.1 Å². The highest BCUT2D eigenvalue weighted by Crippen LogP contribution is 2.21. The standard InChI is InChI=1S/C16H16N2O4/c1-22-12-6-7-13(14(17)9-12)16(21)18-11-4-2-10(3-5-11)8-15(19)20/h2-7,9H,8,17H2,1H3,(H,18,21)(H,19,20). The third-order valence-electron chi connectivity index (χ3n) is 3.07. The summed E-state index contributed by atoms with van der Waals surface area (Å²) in [7, 11) is 1.52. The van der Waals surface area contributed by atoms with E-state index in [0.29, 0.717) is 28.3 Å². The molecule has 0 saturated carbocycles. The molecule has 2 rings (SSSR count).